The number of likely N-dealkylation sites (N-methyl/N-ethyl adjacent to an activating group) is 1. The van der Waals surface area contributed by atoms with Crippen LogP contribution in [0.15, 0.2) is 120 Å². The minimum absolute atomic E-state index is 0.00256. The number of nitro groups is 1. The third-order valence-electron chi connectivity index (χ3n) is 12.8. The normalized spacial score (nSPS) is 22.4. The number of benzene rings is 4. The van der Waals surface area contributed by atoms with Gasteiger partial charge in [0.15, 0.2) is 0 Å². The first kappa shape index (κ1) is 46.6. The van der Waals surface area contributed by atoms with Crippen LogP contribution in [-0.2, 0) is 27.4 Å². The zero-order valence-electron chi connectivity index (χ0n) is 36.9. The largest absolute Gasteiger partial charge is 0.497 e. The zero-order valence-corrected chi connectivity index (χ0v) is 36.9. The first-order chi connectivity index (χ1) is 31.6. The van der Waals surface area contributed by atoms with Gasteiger partial charge in [0.25, 0.3) is 5.69 Å². The molecule has 4 aromatic carbocycles. The van der Waals surface area contributed by atoms with E-state index in [4.69, 9.17) is 28.9 Å². The number of ether oxygens (including phenoxy) is 4. The van der Waals surface area contributed by atoms with Crippen LogP contribution < -0.4 is 14.2 Å². The van der Waals surface area contributed by atoms with E-state index in [2.05, 4.69) is 12.7 Å². The number of unbranched alkanes of at least 4 members (excludes halogenated alkanes) is 2. The number of nitro benzene ring substituents is 1. The number of nitrogens with zero attached hydrogens (tertiary/aromatic N) is 3. The van der Waals surface area contributed by atoms with Gasteiger partial charge in [-0.1, -0.05) is 54.4 Å². The summed E-state index contributed by atoms with van der Waals surface area (Å²) in [7, 11) is 3.34. The van der Waals surface area contributed by atoms with Gasteiger partial charge in [0.05, 0.1) is 36.7 Å². The average Bonchev–Trinajstić information content (AvgIpc) is 3.32. The Morgan fingerprint density at radius 3 is 2.42 bits per heavy atom. The van der Waals surface area contributed by atoms with E-state index in [1.807, 2.05) is 42.5 Å². The molecule has 14 heteroatoms. The Hall–Kier alpha value is -6.35. The summed E-state index contributed by atoms with van der Waals surface area (Å²) < 4.78 is 26.2. The molecule has 0 radical (unpaired) electrons. The molecule has 0 saturated heterocycles. The summed E-state index contributed by atoms with van der Waals surface area (Å²) in [5.74, 6) is -0.279. The molecule has 1 fully saturated rings. The lowest BCUT2D eigenvalue weighted by Gasteiger charge is -2.59. The number of aldehydes is 1. The van der Waals surface area contributed by atoms with Crippen molar-refractivity contribution in [1.82, 2.24) is 4.90 Å². The number of non-ortho nitro benzene ring substituents is 1. The lowest BCUT2D eigenvalue weighted by Crippen LogP contribution is -2.69. The van der Waals surface area contributed by atoms with Crippen molar-refractivity contribution in [2.24, 2.45) is 22.9 Å². The Labute approximate surface area is 379 Å². The molecule has 7 rings (SSSR count). The third kappa shape index (κ3) is 10.5. The molecule has 2 N–H and O–H groups in total. The predicted molar refractivity (Wildman–Crippen MR) is 244 cm³/mol. The van der Waals surface area contributed by atoms with Crippen LogP contribution in [0, 0.1) is 27.9 Å². The van der Waals surface area contributed by atoms with Gasteiger partial charge in [0.2, 0.25) is 11.7 Å². The van der Waals surface area contributed by atoms with Crippen molar-refractivity contribution in [2.75, 3.05) is 34.0 Å². The van der Waals surface area contributed by atoms with Gasteiger partial charge in [-0.25, -0.2) is 0 Å². The van der Waals surface area contributed by atoms with Crippen LogP contribution in [0.4, 0.5) is 5.69 Å². The standard InChI is InChI=1S/C51H57N3O11/c1-4-25-62-51-47(53(2)48(58)28-35-11-9-14-39(26-35)61-3)31-45(52-63-33-34-17-19-38(20-18-34)54(59)60)43-29-37(13-5-7-23-55)42(16-6-8-24-56)49(50(43)51)44-30-41(21-22-46(44)65-51)64-40-15-10-12-36(27-40)32-57/h4,9-12,14-15,17-22,26-27,29-30,32,37,42,47,49-50,55-56H,1,5-8,13,16,23-25,28,31,33H2,2-3H3/t37-,42+,47-,49+,50+,51+/m0/s1. The maximum absolute atomic E-state index is 14.6. The lowest BCUT2D eigenvalue weighted by molar-refractivity contribution is -0.384. The van der Waals surface area contributed by atoms with Crippen LogP contribution in [-0.4, -0.2) is 83.7 Å². The second kappa shape index (κ2) is 21.6. The molecule has 6 atom stereocenters. The molecule has 1 saturated carbocycles. The molecular formula is C51H57N3O11. The zero-order chi connectivity index (χ0) is 45.9. The van der Waals surface area contributed by atoms with Crippen LogP contribution in [0.3, 0.4) is 0 Å². The molecule has 0 spiro atoms. The van der Waals surface area contributed by atoms with E-state index in [0.717, 1.165) is 48.7 Å². The van der Waals surface area contributed by atoms with E-state index in [0.29, 0.717) is 52.7 Å². The van der Waals surface area contributed by atoms with Crippen LogP contribution in [0.2, 0.25) is 0 Å². The number of hydrogen-bond donors (Lipinski definition) is 2. The number of methoxy groups -OCH3 is 1. The number of oxime groups is 1. The lowest BCUT2D eigenvalue weighted by atomic mass is 9.55. The summed E-state index contributed by atoms with van der Waals surface area (Å²) in [5.41, 5.74) is 4.24. The third-order valence-corrected chi connectivity index (χ3v) is 12.8. The minimum atomic E-state index is -1.46. The molecule has 65 heavy (non-hydrogen) atoms. The summed E-state index contributed by atoms with van der Waals surface area (Å²) in [6.45, 7) is 4.25. The highest BCUT2D eigenvalue weighted by Gasteiger charge is 2.65. The number of amides is 1. The summed E-state index contributed by atoms with van der Waals surface area (Å²) in [5, 5.41) is 36.1. The molecule has 342 valence electrons. The minimum Gasteiger partial charge on any atom is -0.497 e. The second-order valence-corrected chi connectivity index (χ2v) is 16.8. The summed E-state index contributed by atoms with van der Waals surface area (Å²) in [6.07, 6.45) is 9.22. The van der Waals surface area contributed by atoms with Crippen LogP contribution in [0.5, 0.6) is 23.0 Å². The molecule has 0 bridgehead atoms. The van der Waals surface area contributed by atoms with E-state index < -0.39 is 22.7 Å². The van der Waals surface area contributed by atoms with Crippen LogP contribution in [0.25, 0.3) is 0 Å². The van der Waals surface area contributed by atoms with Crippen molar-refractivity contribution in [3.63, 3.8) is 0 Å². The number of carbonyl (C=O) groups excluding carboxylic acids is 2. The van der Waals surface area contributed by atoms with Gasteiger partial charge < -0.3 is 38.9 Å². The van der Waals surface area contributed by atoms with E-state index in [9.17, 15) is 29.9 Å². The topological polar surface area (TPSA) is 179 Å². The van der Waals surface area contributed by atoms with Crippen molar-refractivity contribution < 1.29 is 48.5 Å². The van der Waals surface area contributed by atoms with Gasteiger partial charge in [-0.3, -0.25) is 19.7 Å². The van der Waals surface area contributed by atoms with Crippen LogP contribution >= 0.6 is 0 Å². The Bertz CT molecular complexity index is 2380. The van der Waals surface area contributed by atoms with Gasteiger partial charge in [-0.15, -0.1) is 6.58 Å². The van der Waals surface area contributed by atoms with Gasteiger partial charge >= 0.3 is 0 Å². The van der Waals surface area contributed by atoms with Crippen molar-refractivity contribution in [1.29, 1.82) is 0 Å². The number of rotatable bonds is 22. The summed E-state index contributed by atoms with van der Waals surface area (Å²) in [6, 6.07) is 25.4. The smallest absolute Gasteiger partial charge is 0.269 e. The quantitative estimate of drug-likeness (QED) is 0.0253. The summed E-state index contributed by atoms with van der Waals surface area (Å²) in [4.78, 5) is 45.0. The number of aliphatic hydroxyl groups excluding tert-OH is 2. The molecule has 1 heterocycles. The monoisotopic (exact) mass is 887 g/mol. The molecule has 1 aliphatic heterocycles. The highest BCUT2D eigenvalue weighted by Crippen LogP contribution is 2.62. The number of fused-ring (bicyclic) bond motifs is 2. The van der Waals surface area contributed by atoms with Crippen molar-refractivity contribution in [3.8, 4) is 23.0 Å². The predicted octanol–water partition coefficient (Wildman–Crippen LogP) is 8.74. The maximum Gasteiger partial charge on any atom is 0.269 e. The Morgan fingerprint density at radius 1 is 0.954 bits per heavy atom. The second-order valence-electron chi connectivity index (χ2n) is 16.8. The Balaban J connectivity index is 1.39. The van der Waals surface area contributed by atoms with E-state index in [1.54, 1.807) is 61.5 Å². The molecule has 0 aromatic heterocycles. The number of hydrogen-bond acceptors (Lipinski definition) is 12. The summed E-state index contributed by atoms with van der Waals surface area (Å²) >= 11 is 0. The number of allylic oxidation sites excluding steroid dienone is 1. The SMILES string of the molecule is C=CCO[C@@]12Oc3ccc(Oc4cccc(C=O)c4)cc3[C@H]3[C@H](CCCCO)[C@@H](CCCCO)C=C(C(=NOCc4ccc([N+](=O)[O-])cc4)C[C@@H]1N(C)C(=O)Cc1cccc(OC)c1)[C@H]32. The number of carbonyl (C=O) groups is 2. The first-order valence-corrected chi connectivity index (χ1v) is 22.2. The van der Waals surface area contributed by atoms with Crippen molar-refractivity contribution in [3.05, 3.63) is 148 Å². The molecular weight excluding hydrogens is 831 g/mol. The molecule has 3 aliphatic rings. The molecule has 1 amide bonds. The van der Waals surface area contributed by atoms with Crippen molar-refractivity contribution in [2.45, 2.75) is 75.7 Å². The molecule has 0 unspecified atom stereocenters. The fourth-order valence-corrected chi connectivity index (χ4v) is 9.73. The Kier molecular flexibility index (Phi) is 15.5. The fraction of sp³-hybridized carbons (Fsp3) is 0.392. The van der Waals surface area contributed by atoms with Gasteiger partial charge in [0.1, 0.15) is 41.9 Å². The number of aliphatic hydroxyl groups is 2. The van der Waals surface area contributed by atoms with E-state index in [1.165, 1.54) is 12.1 Å². The van der Waals surface area contributed by atoms with E-state index in [-0.39, 0.29) is 68.6 Å². The fourth-order valence-electron chi connectivity index (χ4n) is 9.73. The average molecular weight is 888 g/mol. The Morgan fingerprint density at radius 2 is 1.69 bits per heavy atom. The maximum atomic E-state index is 14.6. The van der Waals surface area contributed by atoms with Gasteiger partial charge in [-0.2, -0.15) is 0 Å². The van der Waals surface area contributed by atoms with Gasteiger partial charge in [0, 0.05) is 55.9 Å². The molecule has 4 aromatic rings. The van der Waals surface area contributed by atoms with Gasteiger partial charge in [-0.05, 0) is 109 Å². The highest BCUT2D eigenvalue weighted by atomic mass is 16.7. The van der Waals surface area contributed by atoms with Crippen LogP contribution in [0.1, 0.15) is 77.9 Å². The van der Waals surface area contributed by atoms with Crippen molar-refractivity contribution >= 4 is 23.6 Å². The first-order valence-electron chi connectivity index (χ1n) is 22.2. The van der Waals surface area contributed by atoms with E-state index >= 15 is 0 Å². The highest BCUT2D eigenvalue weighted by molar-refractivity contribution is 6.03. The molecule has 14 nitrogen and oxygen atoms in total. The molecule has 2 aliphatic carbocycles.